The van der Waals surface area contributed by atoms with Gasteiger partial charge in [0.05, 0.1) is 21.0 Å². The molecule has 2 rings (SSSR count). The van der Waals surface area contributed by atoms with E-state index in [-0.39, 0.29) is 5.78 Å². The number of aromatic nitrogens is 1. The van der Waals surface area contributed by atoms with E-state index in [1.165, 1.54) is 11.3 Å². The normalized spacial score (nSPS) is 10.5. The molecule has 2 aromatic rings. The van der Waals surface area contributed by atoms with Gasteiger partial charge in [0.15, 0.2) is 5.78 Å². The van der Waals surface area contributed by atoms with Crippen LogP contribution in [0.3, 0.4) is 0 Å². The molecule has 2 heterocycles. The Morgan fingerprint density at radius 3 is 2.58 bits per heavy atom. The largest absolute Gasteiger partial charge is 0.294 e. The number of rotatable bonds is 3. The van der Waals surface area contributed by atoms with Gasteiger partial charge in [0.1, 0.15) is 6.07 Å². The van der Waals surface area contributed by atoms with Gasteiger partial charge in [-0.1, -0.05) is 13.8 Å². The average Bonchev–Trinajstić information content (AvgIpc) is 2.87. The maximum absolute atomic E-state index is 11.3. The highest BCUT2D eigenvalue weighted by atomic mass is 32.1. The van der Waals surface area contributed by atoms with Crippen LogP contribution in [0.2, 0.25) is 0 Å². The van der Waals surface area contributed by atoms with Gasteiger partial charge in [-0.25, -0.2) is 0 Å². The smallest absolute Gasteiger partial charge is 0.169 e. The third-order valence-electron chi connectivity index (χ3n) is 2.82. The van der Waals surface area contributed by atoms with E-state index < -0.39 is 0 Å². The molecule has 0 fully saturated rings. The lowest BCUT2D eigenvalue weighted by Crippen LogP contribution is -1.96. The van der Waals surface area contributed by atoms with E-state index in [4.69, 9.17) is 0 Å². The quantitative estimate of drug-likeness (QED) is 0.792. The summed E-state index contributed by atoms with van der Waals surface area (Å²) in [5, 5.41) is 9.17. The molecular weight excluding hydrogens is 256 g/mol. The zero-order valence-electron chi connectivity index (χ0n) is 11.1. The van der Waals surface area contributed by atoms with Crippen molar-refractivity contribution in [2.45, 2.75) is 26.7 Å². The molecule has 0 unspecified atom stereocenters. The standard InChI is InChI=1S/C15H14N2OS/c1-9(2)12-5-4-11(8-16)15(17-12)14-7-6-13(19-14)10(3)18/h4-7,9H,1-3H3. The minimum absolute atomic E-state index is 0.0368. The Balaban J connectivity index is 2.55. The Labute approximate surface area is 116 Å². The first kappa shape index (κ1) is 13.4. The van der Waals surface area contributed by atoms with E-state index in [2.05, 4.69) is 24.9 Å². The van der Waals surface area contributed by atoms with Crippen molar-refractivity contribution in [1.29, 1.82) is 5.26 Å². The van der Waals surface area contributed by atoms with Crippen LogP contribution in [0.5, 0.6) is 0 Å². The number of ketones is 1. The number of hydrogen-bond donors (Lipinski definition) is 0. The van der Waals surface area contributed by atoms with E-state index in [0.717, 1.165) is 10.6 Å². The molecule has 0 saturated heterocycles. The predicted molar refractivity (Wildman–Crippen MR) is 76.4 cm³/mol. The van der Waals surface area contributed by atoms with Gasteiger partial charge < -0.3 is 0 Å². The van der Waals surface area contributed by atoms with Crippen molar-refractivity contribution in [3.05, 3.63) is 40.4 Å². The van der Waals surface area contributed by atoms with Crippen LogP contribution >= 0.6 is 11.3 Å². The fourth-order valence-electron chi connectivity index (χ4n) is 1.73. The molecule has 4 heteroatoms. The number of thiophene rings is 1. The maximum atomic E-state index is 11.3. The molecule has 3 nitrogen and oxygen atoms in total. The first-order valence-corrected chi connectivity index (χ1v) is 6.86. The van der Waals surface area contributed by atoms with Gasteiger partial charge in [-0.3, -0.25) is 9.78 Å². The van der Waals surface area contributed by atoms with Gasteiger partial charge in [0.2, 0.25) is 0 Å². The maximum Gasteiger partial charge on any atom is 0.169 e. The number of hydrogen-bond acceptors (Lipinski definition) is 4. The van der Waals surface area contributed by atoms with Crippen molar-refractivity contribution in [1.82, 2.24) is 4.98 Å². The summed E-state index contributed by atoms with van der Waals surface area (Å²) in [6, 6.07) is 9.48. The fraction of sp³-hybridized carbons (Fsp3) is 0.267. The molecule has 0 aromatic carbocycles. The lowest BCUT2D eigenvalue weighted by molar-refractivity contribution is 0.102. The minimum Gasteiger partial charge on any atom is -0.294 e. The molecule has 0 N–H and O–H groups in total. The van der Waals surface area contributed by atoms with Gasteiger partial charge in [-0.2, -0.15) is 5.26 Å². The molecule has 0 amide bonds. The van der Waals surface area contributed by atoms with Gasteiger partial charge >= 0.3 is 0 Å². The number of Topliss-reactive ketones (excluding diaryl/α,β-unsaturated/α-hetero) is 1. The molecule has 2 aromatic heterocycles. The highest BCUT2D eigenvalue weighted by Gasteiger charge is 2.13. The van der Waals surface area contributed by atoms with Crippen molar-refractivity contribution < 1.29 is 4.79 Å². The van der Waals surface area contributed by atoms with Crippen molar-refractivity contribution in [3.63, 3.8) is 0 Å². The number of nitrogens with zero attached hydrogens (tertiary/aromatic N) is 2. The topological polar surface area (TPSA) is 53.8 Å². The second-order valence-electron chi connectivity index (χ2n) is 4.62. The van der Waals surface area contributed by atoms with Crippen LogP contribution in [0.1, 0.15) is 47.6 Å². The lowest BCUT2D eigenvalue weighted by Gasteiger charge is -2.07. The average molecular weight is 270 g/mol. The zero-order valence-corrected chi connectivity index (χ0v) is 11.9. The van der Waals surface area contributed by atoms with Crippen LogP contribution in [-0.4, -0.2) is 10.8 Å². The highest BCUT2D eigenvalue weighted by Crippen LogP contribution is 2.30. The van der Waals surface area contributed by atoms with Crippen LogP contribution in [0.4, 0.5) is 0 Å². The number of carbonyl (C=O) groups is 1. The van der Waals surface area contributed by atoms with E-state index in [1.54, 1.807) is 19.1 Å². The van der Waals surface area contributed by atoms with Crippen molar-refractivity contribution in [3.8, 4) is 16.6 Å². The molecule has 0 aliphatic carbocycles. The highest BCUT2D eigenvalue weighted by molar-refractivity contribution is 7.17. The summed E-state index contributed by atoms with van der Waals surface area (Å²) in [5.74, 6) is 0.341. The zero-order chi connectivity index (χ0) is 14.0. The first-order chi connectivity index (χ1) is 9.02. The Morgan fingerprint density at radius 2 is 2.05 bits per heavy atom. The summed E-state index contributed by atoms with van der Waals surface area (Å²) in [5.41, 5.74) is 2.17. The van der Waals surface area contributed by atoms with E-state index in [9.17, 15) is 10.1 Å². The molecule has 19 heavy (non-hydrogen) atoms. The molecule has 0 bridgehead atoms. The van der Waals surface area contributed by atoms with Crippen molar-refractivity contribution in [2.24, 2.45) is 0 Å². The third kappa shape index (κ3) is 2.72. The Bertz CT molecular complexity index is 665. The Hall–Kier alpha value is -1.99. The van der Waals surface area contributed by atoms with Crippen molar-refractivity contribution in [2.75, 3.05) is 0 Å². The SMILES string of the molecule is CC(=O)c1ccc(-c2nc(C(C)C)ccc2C#N)s1. The Kier molecular flexibility index (Phi) is 3.77. The van der Waals surface area contributed by atoms with Gasteiger partial charge in [0, 0.05) is 5.69 Å². The predicted octanol–water partition coefficient (Wildman–Crippen LogP) is 4.01. The second kappa shape index (κ2) is 5.33. The summed E-state index contributed by atoms with van der Waals surface area (Å²) in [4.78, 5) is 17.5. The lowest BCUT2D eigenvalue weighted by atomic mass is 10.1. The van der Waals surface area contributed by atoms with E-state index in [0.29, 0.717) is 22.1 Å². The molecular formula is C15H14N2OS. The Morgan fingerprint density at radius 1 is 1.32 bits per heavy atom. The molecule has 0 aliphatic heterocycles. The van der Waals surface area contributed by atoms with Crippen LogP contribution in [0.25, 0.3) is 10.6 Å². The summed E-state index contributed by atoms with van der Waals surface area (Å²) >= 11 is 1.38. The third-order valence-corrected chi connectivity index (χ3v) is 4.01. The molecule has 0 atom stereocenters. The number of pyridine rings is 1. The molecule has 0 saturated carbocycles. The summed E-state index contributed by atoms with van der Waals surface area (Å²) in [6.07, 6.45) is 0. The van der Waals surface area contributed by atoms with Crippen LogP contribution in [-0.2, 0) is 0 Å². The van der Waals surface area contributed by atoms with Gasteiger partial charge in [-0.15, -0.1) is 11.3 Å². The van der Waals surface area contributed by atoms with Gasteiger partial charge in [-0.05, 0) is 37.1 Å². The monoisotopic (exact) mass is 270 g/mol. The van der Waals surface area contributed by atoms with Crippen LogP contribution in [0.15, 0.2) is 24.3 Å². The van der Waals surface area contributed by atoms with Crippen LogP contribution < -0.4 is 0 Å². The number of nitriles is 1. The van der Waals surface area contributed by atoms with E-state index in [1.807, 2.05) is 12.1 Å². The fourth-order valence-corrected chi connectivity index (χ4v) is 2.63. The molecule has 96 valence electrons. The molecule has 0 spiro atoms. The summed E-state index contributed by atoms with van der Waals surface area (Å²) in [6.45, 7) is 5.67. The minimum atomic E-state index is 0.0368. The second-order valence-corrected chi connectivity index (χ2v) is 5.70. The summed E-state index contributed by atoms with van der Waals surface area (Å²) in [7, 11) is 0. The summed E-state index contributed by atoms with van der Waals surface area (Å²) < 4.78 is 0. The van der Waals surface area contributed by atoms with Crippen molar-refractivity contribution >= 4 is 17.1 Å². The molecule has 0 radical (unpaired) electrons. The number of carbonyl (C=O) groups excluding carboxylic acids is 1. The first-order valence-electron chi connectivity index (χ1n) is 6.05. The van der Waals surface area contributed by atoms with Crippen LogP contribution in [0, 0.1) is 11.3 Å². The van der Waals surface area contributed by atoms with Gasteiger partial charge in [0.25, 0.3) is 0 Å². The molecule has 0 aliphatic rings. The van der Waals surface area contributed by atoms with E-state index >= 15 is 0 Å².